The number of furan rings is 1. The summed E-state index contributed by atoms with van der Waals surface area (Å²) in [5.74, 6) is -0.354. The van der Waals surface area contributed by atoms with Crippen molar-refractivity contribution in [1.29, 1.82) is 0 Å². The van der Waals surface area contributed by atoms with Crippen molar-refractivity contribution < 1.29 is 19.1 Å². The van der Waals surface area contributed by atoms with Crippen LogP contribution in [0.5, 0.6) is 0 Å². The highest BCUT2D eigenvalue weighted by Gasteiger charge is 2.24. The first-order valence-electron chi connectivity index (χ1n) is 10.8. The Morgan fingerprint density at radius 2 is 1.73 bits per heavy atom. The van der Waals surface area contributed by atoms with Gasteiger partial charge >= 0.3 is 5.97 Å². The number of aliphatic hydroxyl groups excluding tert-OH is 1. The summed E-state index contributed by atoms with van der Waals surface area (Å²) in [7, 11) is 0. The third-order valence-corrected chi connectivity index (χ3v) is 5.81. The summed E-state index contributed by atoms with van der Waals surface area (Å²) in [4.78, 5) is 29.7. The van der Waals surface area contributed by atoms with E-state index >= 15 is 0 Å². The molecule has 33 heavy (non-hydrogen) atoms. The van der Waals surface area contributed by atoms with Gasteiger partial charge in [-0.1, -0.05) is 36.4 Å². The summed E-state index contributed by atoms with van der Waals surface area (Å²) < 4.78 is 13.9. The number of ether oxygens (including phenoxy) is 1. The predicted molar refractivity (Wildman–Crippen MR) is 124 cm³/mol. The van der Waals surface area contributed by atoms with E-state index in [4.69, 9.17) is 9.15 Å². The molecule has 0 saturated heterocycles. The third kappa shape index (κ3) is 3.48. The number of fused-ring (bicyclic) bond motifs is 4. The van der Waals surface area contributed by atoms with Crippen LogP contribution in [0.25, 0.3) is 32.9 Å². The van der Waals surface area contributed by atoms with E-state index in [0.717, 1.165) is 21.8 Å². The lowest BCUT2D eigenvalue weighted by Gasteiger charge is -2.15. The van der Waals surface area contributed by atoms with E-state index < -0.39 is 17.6 Å². The maximum Gasteiger partial charge on any atom is 0.342 e. The van der Waals surface area contributed by atoms with Crippen molar-refractivity contribution in [2.75, 3.05) is 6.61 Å². The highest BCUT2D eigenvalue weighted by Crippen LogP contribution is 2.29. The van der Waals surface area contributed by atoms with E-state index in [-0.39, 0.29) is 42.1 Å². The van der Waals surface area contributed by atoms with Gasteiger partial charge < -0.3 is 18.8 Å². The minimum absolute atomic E-state index is 0.00903. The number of hydrogen-bond donors (Lipinski definition) is 1. The molecule has 0 aliphatic carbocycles. The molecule has 1 N–H and O–H groups in total. The van der Waals surface area contributed by atoms with Gasteiger partial charge in [0.15, 0.2) is 0 Å². The van der Waals surface area contributed by atoms with E-state index in [1.165, 1.54) is 10.9 Å². The Morgan fingerprint density at radius 3 is 2.36 bits per heavy atom. The second-order valence-corrected chi connectivity index (χ2v) is 7.93. The van der Waals surface area contributed by atoms with Crippen LogP contribution in [0.2, 0.25) is 0 Å². The summed E-state index contributed by atoms with van der Waals surface area (Å²) in [5.41, 5.74) is 1.72. The van der Waals surface area contributed by atoms with Crippen molar-refractivity contribution in [3.05, 3.63) is 76.5 Å². The summed E-state index contributed by atoms with van der Waals surface area (Å²) in [6.45, 7) is 3.76. The largest absolute Gasteiger partial charge is 0.462 e. The fourth-order valence-corrected chi connectivity index (χ4v) is 4.41. The molecule has 0 radical (unpaired) electrons. The fourth-order valence-electron chi connectivity index (χ4n) is 4.41. The Labute approximate surface area is 188 Å². The second-order valence-electron chi connectivity index (χ2n) is 7.93. The van der Waals surface area contributed by atoms with Gasteiger partial charge in [0.05, 0.1) is 25.8 Å². The predicted octanol–water partition coefficient (Wildman–Crippen LogP) is 3.64. The number of benzene rings is 2. The maximum atomic E-state index is 13.2. The molecule has 168 valence electrons. The molecule has 2 aromatic carbocycles. The summed E-state index contributed by atoms with van der Waals surface area (Å²) in [6.07, 6.45) is 0.456. The molecular formula is C25H23N3O5. The first kappa shape index (κ1) is 21.0. The van der Waals surface area contributed by atoms with Crippen LogP contribution in [0.15, 0.2) is 64.1 Å². The fraction of sp³-hybridized carbons (Fsp3) is 0.240. The van der Waals surface area contributed by atoms with Crippen LogP contribution in [0, 0.1) is 6.92 Å². The molecule has 3 heterocycles. The quantitative estimate of drug-likeness (QED) is 0.401. The summed E-state index contributed by atoms with van der Waals surface area (Å²) in [5, 5.41) is 13.2. The normalized spacial score (nSPS) is 12.6. The monoisotopic (exact) mass is 445 g/mol. The Hall–Kier alpha value is -3.91. The zero-order valence-electron chi connectivity index (χ0n) is 18.3. The standard InChI is InChI=1S/C25H23N3O5/c1-3-32-25(31)21-15(2)33-23-22(21)24(30)27(14-26-23)12-16(29)13-28-19-10-6-4-8-17(19)18-9-5-7-11-20(18)28/h4-11,14,16,29H,3,12-13H2,1-2H3. The van der Waals surface area contributed by atoms with Crippen LogP contribution < -0.4 is 5.56 Å². The topological polar surface area (TPSA) is 99.5 Å². The molecule has 0 fully saturated rings. The SMILES string of the molecule is CCOC(=O)c1c(C)oc2ncn(CC(O)Cn3c4ccccc4c4ccccc43)c(=O)c12. The Morgan fingerprint density at radius 1 is 1.09 bits per heavy atom. The number of nitrogens with zero attached hydrogens (tertiary/aromatic N) is 3. The Kier molecular flexibility index (Phi) is 5.22. The number of carbonyl (C=O) groups is 1. The van der Waals surface area contributed by atoms with Gasteiger partial charge in [-0.3, -0.25) is 9.36 Å². The smallest absolute Gasteiger partial charge is 0.342 e. The Bertz CT molecular complexity index is 1510. The summed E-state index contributed by atoms with van der Waals surface area (Å²) >= 11 is 0. The van der Waals surface area contributed by atoms with Crippen LogP contribution in [0.4, 0.5) is 0 Å². The number of para-hydroxylation sites is 2. The van der Waals surface area contributed by atoms with Gasteiger partial charge in [0.1, 0.15) is 23.0 Å². The van der Waals surface area contributed by atoms with Gasteiger partial charge in [0.25, 0.3) is 5.56 Å². The number of rotatable bonds is 6. The molecular weight excluding hydrogens is 422 g/mol. The lowest BCUT2D eigenvalue weighted by molar-refractivity contribution is 0.0526. The zero-order chi connectivity index (χ0) is 23.1. The van der Waals surface area contributed by atoms with Crippen LogP contribution in [0.1, 0.15) is 23.0 Å². The van der Waals surface area contributed by atoms with Gasteiger partial charge in [0.2, 0.25) is 5.71 Å². The molecule has 3 aromatic heterocycles. The van der Waals surface area contributed by atoms with Crippen LogP contribution >= 0.6 is 0 Å². The number of aromatic nitrogens is 3. The molecule has 8 nitrogen and oxygen atoms in total. The van der Waals surface area contributed by atoms with E-state index in [9.17, 15) is 14.7 Å². The van der Waals surface area contributed by atoms with Crippen LogP contribution in [0.3, 0.4) is 0 Å². The van der Waals surface area contributed by atoms with Crippen molar-refractivity contribution in [2.24, 2.45) is 0 Å². The molecule has 1 unspecified atom stereocenters. The highest BCUT2D eigenvalue weighted by molar-refractivity contribution is 6.08. The lowest BCUT2D eigenvalue weighted by Crippen LogP contribution is -2.30. The molecule has 5 aromatic rings. The van der Waals surface area contributed by atoms with Crippen molar-refractivity contribution in [2.45, 2.75) is 33.0 Å². The number of aliphatic hydroxyl groups is 1. The van der Waals surface area contributed by atoms with E-state index in [1.54, 1.807) is 13.8 Å². The van der Waals surface area contributed by atoms with Crippen molar-refractivity contribution in [1.82, 2.24) is 14.1 Å². The molecule has 5 rings (SSSR count). The first-order chi connectivity index (χ1) is 16.0. The number of hydrogen-bond acceptors (Lipinski definition) is 6. The molecule has 0 aliphatic heterocycles. The Balaban J connectivity index is 1.51. The average Bonchev–Trinajstić information content (AvgIpc) is 3.31. The number of esters is 1. The molecule has 1 atom stereocenters. The molecule has 0 spiro atoms. The highest BCUT2D eigenvalue weighted by atomic mass is 16.5. The van der Waals surface area contributed by atoms with Gasteiger partial charge in [0, 0.05) is 21.8 Å². The van der Waals surface area contributed by atoms with E-state index in [1.807, 2.05) is 36.4 Å². The average molecular weight is 445 g/mol. The van der Waals surface area contributed by atoms with Gasteiger partial charge in [-0.05, 0) is 26.0 Å². The minimum atomic E-state index is -0.875. The van der Waals surface area contributed by atoms with E-state index in [0.29, 0.717) is 0 Å². The van der Waals surface area contributed by atoms with Crippen LogP contribution in [-0.4, -0.2) is 37.9 Å². The van der Waals surface area contributed by atoms with Crippen molar-refractivity contribution in [3.63, 3.8) is 0 Å². The lowest BCUT2D eigenvalue weighted by atomic mass is 10.2. The van der Waals surface area contributed by atoms with Crippen molar-refractivity contribution in [3.8, 4) is 0 Å². The zero-order valence-corrected chi connectivity index (χ0v) is 18.3. The summed E-state index contributed by atoms with van der Waals surface area (Å²) in [6, 6.07) is 16.1. The molecule has 0 aliphatic rings. The number of carbonyl (C=O) groups excluding carboxylic acids is 1. The minimum Gasteiger partial charge on any atom is -0.462 e. The van der Waals surface area contributed by atoms with Crippen molar-refractivity contribution >= 4 is 38.9 Å². The molecule has 0 saturated carbocycles. The second kappa shape index (κ2) is 8.22. The van der Waals surface area contributed by atoms with Gasteiger partial charge in [-0.15, -0.1) is 0 Å². The first-order valence-corrected chi connectivity index (χ1v) is 10.8. The molecule has 0 amide bonds. The third-order valence-electron chi connectivity index (χ3n) is 5.81. The van der Waals surface area contributed by atoms with E-state index in [2.05, 4.69) is 21.7 Å². The maximum absolute atomic E-state index is 13.2. The molecule has 0 bridgehead atoms. The molecule has 8 heteroatoms. The van der Waals surface area contributed by atoms with Crippen LogP contribution in [-0.2, 0) is 17.8 Å². The van der Waals surface area contributed by atoms with Gasteiger partial charge in [-0.2, -0.15) is 0 Å². The number of aryl methyl sites for hydroxylation is 1. The van der Waals surface area contributed by atoms with Gasteiger partial charge in [-0.25, -0.2) is 9.78 Å².